The highest BCUT2D eigenvalue weighted by molar-refractivity contribution is 7.16. The van der Waals surface area contributed by atoms with E-state index in [0.717, 1.165) is 4.88 Å². The summed E-state index contributed by atoms with van der Waals surface area (Å²) < 4.78 is 0.672. The van der Waals surface area contributed by atoms with Crippen LogP contribution in [0.3, 0.4) is 0 Å². The lowest BCUT2D eigenvalue weighted by Crippen LogP contribution is -2.34. The summed E-state index contributed by atoms with van der Waals surface area (Å²) in [5, 5.41) is 12.1. The van der Waals surface area contributed by atoms with E-state index in [4.69, 9.17) is 17.3 Å². The summed E-state index contributed by atoms with van der Waals surface area (Å²) in [5.74, 6) is -0.329. The van der Waals surface area contributed by atoms with Crippen molar-refractivity contribution in [2.24, 2.45) is 5.73 Å². The molecule has 28 heavy (non-hydrogen) atoms. The zero-order valence-electron chi connectivity index (χ0n) is 14.8. The number of thiophene rings is 1. The largest absolute Gasteiger partial charge is 0.366 e. The quantitative estimate of drug-likeness (QED) is 0.567. The zero-order valence-corrected chi connectivity index (χ0v) is 16.4. The molecule has 3 rings (SSSR count). The topological polar surface area (TPSA) is 107 Å². The van der Waals surface area contributed by atoms with Gasteiger partial charge in [-0.3, -0.25) is 9.59 Å². The van der Waals surface area contributed by atoms with Crippen molar-refractivity contribution in [3.8, 4) is 11.4 Å². The molecule has 0 unspecified atom stereocenters. The van der Waals surface area contributed by atoms with E-state index in [1.165, 1.54) is 16.1 Å². The number of primary amides is 1. The molecule has 0 bridgehead atoms. The van der Waals surface area contributed by atoms with Crippen LogP contribution < -0.4 is 5.73 Å². The lowest BCUT2D eigenvalue weighted by Gasteiger charge is -2.19. The normalized spacial score (nSPS) is 10.6. The summed E-state index contributed by atoms with van der Waals surface area (Å²) in [5.41, 5.74) is 6.28. The van der Waals surface area contributed by atoms with Crippen molar-refractivity contribution in [3.63, 3.8) is 0 Å². The predicted octanol–water partition coefficient (Wildman–Crippen LogP) is 2.37. The number of carbonyl (C=O) groups excluding carboxylic acids is 2. The second kappa shape index (κ2) is 8.77. The molecular weight excluding hydrogens is 400 g/mol. The number of aromatic nitrogens is 4. The van der Waals surface area contributed by atoms with E-state index in [2.05, 4.69) is 22.0 Å². The lowest BCUT2D eigenvalue weighted by atomic mass is 10.1. The van der Waals surface area contributed by atoms with Crippen LogP contribution in [0.2, 0.25) is 4.34 Å². The molecule has 10 heteroatoms. The summed E-state index contributed by atoms with van der Waals surface area (Å²) >= 11 is 7.38. The highest BCUT2D eigenvalue weighted by atomic mass is 35.5. The van der Waals surface area contributed by atoms with Gasteiger partial charge in [-0.15, -0.1) is 28.1 Å². The van der Waals surface area contributed by atoms with E-state index in [1.807, 2.05) is 6.07 Å². The minimum Gasteiger partial charge on any atom is -0.366 e. The van der Waals surface area contributed by atoms with E-state index in [9.17, 15) is 9.59 Å². The summed E-state index contributed by atoms with van der Waals surface area (Å²) in [6.07, 6.45) is 1.66. The number of nitrogens with zero attached hydrogens (tertiary/aromatic N) is 5. The van der Waals surface area contributed by atoms with Crippen LogP contribution in [0, 0.1) is 0 Å². The first-order valence-electron chi connectivity index (χ1n) is 8.27. The van der Waals surface area contributed by atoms with Crippen molar-refractivity contribution in [1.82, 2.24) is 25.1 Å². The zero-order chi connectivity index (χ0) is 20.1. The van der Waals surface area contributed by atoms with Gasteiger partial charge in [0.05, 0.1) is 10.9 Å². The number of halogens is 1. The molecule has 2 amide bonds. The van der Waals surface area contributed by atoms with Gasteiger partial charge in [-0.2, -0.15) is 4.80 Å². The monoisotopic (exact) mass is 416 g/mol. The highest BCUT2D eigenvalue weighted by Crippen LogP contribution is 2.23. The molecule has 2 heterocycles. The van der Waals surface area contributed by atoms with Gasteiger partial charge in [-0.05, 0) is 29.5 Å². The van der Waals surface area contributed by atoms with Crippen molar-refractivity contribution in [2.75, 3.05) is 6.54 Å². The van der Waals surface area contributed by atoms with Crippen LogP contribution in [0.1, 0.15) is 15.2 Å². The Labute approximate surface area is 170 Å². The Bertz CT molecular complexity index is 998. The fourth-order valence-electron chi connectivity index (χ4n) is 2.47. The molecule has 3 aromatic rings. The van der Waals surface area contributed by atoms with Gasteiger partial charge in [0, 0.05) is 22.5 Å². The maximum absolute atomic E-state index is 12.6. The summed E-state index contributed by atoms with van der Waals surface area (Å²) in [7, 11) is 0. The van der Waals surface area contributed by atoms with Gasteiger partial charge in [0.25, 0.3) is 0 Å². The summed E-state index contributed by atoms with van der Waals surface area (Å²) in [4.78, 5) is 27.6. The van der Waals surface area contributed by atoms with Gasteiger partial charge in [0.1, 0.15) is 6.54 Å². The van der Waals surface area contributed by atoms with Crippen LogP contribution in [0.5, 0.6) is 0 Å². The van der Waals surface area contributed by atoms with E-state index in [-0.39, 0.29) is 12.5 Å². The average Bonchev–Trinajstić information content (AvgIpc) is 3.30. The Hall–Kier alpha value is -3.04. The first-order valence-corrected chi connectivity index (χ1v) is 9.46. The fourth-order valence-corrected chi connectivity index (χ4v) is 3.57. The Balaban J connectivity index is 1.69. The van der Waals surface area contributed by atoms with Gasteiger partial charge in [0.15, 0.2) is 0 Å². The van der Waals surface area contributed by atoms with Gasteiger partial charge < -0.3 is 10.6 Å². The van der Waals surface area contributed by atoms with Gasteiger partial charge in [0.2, 0.25) is 17.6 Å². The van der Waals surface area contributed by atoms with Gasteiger partial charge in [-0.25, -0.2) is 0 Å². The number of carbonyl (C=O) groups is 2. The maximum Gasteiger partial charge on any atom is 0.248 e. The van der Waals surface area contributed by atoms with E-state index in [1.54, 1.807) is 41.3 Å². The molecule has 0 spiro atoms. The Kier molecular flexibility index (Phi) is 6.17. The first-order chi connectivity index (χ1) is 13.5. The minimum absolute atomic E-state index is 0.0562. The number of hydrogen-bond donors (Lipinski definition) is 1. The van der Waals surface area contributed by atoms with E-state index < -0.39 is 5.91 Å². The Morgan fingerprint density at radius 1 is 1.25 bits per heavy atom. The van der Waals surface area contributed by atoms with Crippen molar-refractivity contribution in [3.05, 3.63) is 63.8 Å². The standard InChI is InChI=1S/C18H17ClN6O2S/c1-2-9-24(10-14-7-8-15(19)28-14)16(26)11-25-22-18(21-23-25)13-5-3-12(4-6-13)17(20)27/h2-8H,1,9-11H2,(H2,20,27). The molecule has 0 aliphatic carbocycles. The number of tetrazole rings is 1. The molecule has 0 aliphatic rings. The lowest BCUT2D eigenvalue weighted by molar-refractivity contribution is -0.132. The van der Waals surface area contributed by atoms with Crippen LogP contribution in [-0.4, -0.2) is 43.5 Å². The van der Waals surface area contributed by atoms with Crippen molar-refractivity contribution in [1.29, 1.82) is 0 Å². The third kappa shape index (κ3) is 4.81. The van der Waals surface area contributed by atoms with Crippen LogP contribution in [0.25, 0.3) is 11.4 Å². The Morgan fingerprint density at radius 3 is 2.61 bits per heavy atom. The third-order valence-corrected chi connectivity index (χ3v) is 5.05. The molecule has 0 atom stereocenters. The highest BCUT2D eigenvalue weighted by Gasteiger charge is 2.16. The predicted molar refractivity (Wildman–Crippen MR) is 107 cm³/mol. The van der Waals surface area contributed by atoms with Crippen LogP contribution in [-0.2, 0) is 17.9 Å². The van der Waals surface area contributed by atoms with E-state index in [0.29, 0.717) is 34.4 Å². The van der Waals surface area contributed by atoms with Crippen molar-refractivity contribution in [2.45, 2.75) is 13.1 Å². The summed E-state index contributed by atoms with van der Waals surface area (Å²) in [6, 6.07) is 10.2. The number of rotatable bonds is 8. The van der Waals surface area contributed by atoms with Gasteiger partial charge in [-0.1, -0.05) is 29.8 Å². The number of nitrogens with two attached hydrogens (primary N) is 1. The molecule has 0 saturated carbocycles. The van der Waals surface area contributed by atoms with Crippen LogP contribution >= 0.6 is 22.9 Å². The molecule has 0 fully saturated rings. The van der Waals surface area contributed by atoms with Crippen LogP contribution in [0.4, 0.5) is 0 Å². The second-order valence-electron chi connectivity index (χ2n) is 5.85. The Morgan fingerprint density at radius 2 is 2.00 bits per heavy atom. The molecule has 2 N–H and O–H groups in total. The molecule has 0 radical (unpaired) electrons. The smallest absolute Gasteiger partial charge is 0.248 e. The molecule has 144 valence electrons. The number of hydrogen-bond acceptors (Lipinski definition) is 6. The summed E-state index contributed by atoms with van der Waals surface area (Å²) in [6.45, 7) is 4.47. The van der Waals surface area contributed by atoms with Crippen molar-refractivity contribution >= 4 is 34.8 Å². The van der Waals surface area contributed by atoms with E-state index >= 15 is 0 Å². The fraction of sp³-hybridized carbons (Fsp3) is 0.167. The third-order valence-electron chi connectivity index (χ3n) is 3.83. The number of benzene rings is 1. The first kappa shape index (κ1) is 19.7. The molecular formula is C18H17ClN6O2S. The minimum atomic E-state index is -0.511. The van der Waals surface area contributed by atoms with Crippen molar-refractivity contribution < 1.29 is 9.59 Å². The number of amides is 2. The SMILES string of the molecule is C=CCN(Cc1ccc(Cl)s1)C(=O)Cn1nnc(-c2ccc(C(N)=O)cc2)n1. The second-order valence-corrected chi connectivity index (χ2v) is 7.65. The van der Waals surface area contributed by atoms with Gasteiger partial charge >= 0.3 is 0 Å². The molecule has 8 nitrogen and oxygen atoms in total. The maximum atomic E-state index is 12.6. The molecule has 1 aromatic carbocycles. The van der Waals surface area contributed by atoms with Crippen LogP contribution in [0.15, 0.2) is 49.1 Å². The molecule has 0 saturated heterocycles. The molecule has 2 aromatic heterocycles. The average molecular weight is 417 g/mol. The molecule has 0 aliphatic heterocycles.